The summed E-state index contributed by atoms with van der Waals surface area (Å²) >= 11 is 5.69. The van der Waals surface area contributed by atoms with Crippen molar-refractivity contribution in [3.8, 4) is 0 Å². The largest absolute Gasteiger partial charge is 0.379 e. The standard InChI is InChI=1S/C14H12ClFN2O/c15-11-6-3-7-12(13(11)16)18-8-9-4-1-2-5-10(9)14(17)19/h1-7,18H,8H2,(H2,17,19). The Balaban J connectivity index is 2.19. The van der Waals surface area contributed by atoms with Gasteiger partial charge in [0.1, 0.15) is 0 Å². The number of nitrogens with one attached hydrogen (secondary N) is 1. The Bertz CT molecular complexity index is 616. The molecule has 2 aromatic rings. The topological polar surface area (TPSA) is 55.1 Å². The zero-order chi connectivity index (χ0) is 13.8. The van der Waals surface area contributed by atoms with E-state index < -0.39 is 11.7 Å². The van der Waals surface area contributed by atoms with E-state index in [1.807, 2.05) is 0 Å². The van der Waals surface area contributed by atoms with Gasteiger partial charge >= 0.3 is 0 Å². The molecule has 0 aliphatic heterocycles. The van der Waals surface area contributed by atoms with E-state index in [4.69, 9.17) is 17.3 Å². The number of nitrogens with two attached hydrogens (primary N) is 1. The molecule has 0 heterocycles. The number of halogens is 2. The van der Waals surface area contributed by atoms with Crippen LogP contribution in [0.15, 0.2) is 42.5 Å². The Morgan fingerprint density at radius 1 is 1.21 bits per heavy atom. The number of hydrogen-bond donors (Lipinski definition) is 2. The minimum absolute atomic E-state index is 0.0492. The summed E-state index contributed by atoms with van der Waals surface area (Å²) in [6, 6.07) is 11.6. The molecule has 2 aromatic carbocycles. The van der Waals surface area contributed by atoms with E-state index in [1.165, 1.54) is 6.07 Å². The van der Waals surface area contributed by atoms with Crippen molar-refractivity contribution in [3.63, 3.8) is 0 Å². The molecule has 0 aromatic heterocycles. The fourth-order valence-corrected chi connectivity index (χ4v) is 1.92. The van der Waals surface area contributed by atoms with Gasteiger partial charge in [-0.2, -0.15) is 0 Å². The predicted molar refractivity (Wildman–Crippen MR) is 73.7 cm³/mol. The highest BCUT2D eigenvalue weighted by Gasteiger charge is 2.09. The first-order valence-electron chi connectivity index (χ1n) is 5.65. The van der Waals surface area contributed by atoms with Crippen LogP contribution in [-0.4, -0.2) is 5.91 Å². The molecule has 3 N–H and O–H groups in total. The number of rotatable bonds is 4. The lowest BCUT2D eigenvalue weighted by Crippen LogP contribution is -2.15. The first kappa shape index (κ1) is 13.4. The maximum absolute atomic E-state index is 13.7. The number of carbonyl (C=O) groups is 1. The van der Waals surface area contributed by atoms with Crippen molar-refractivity contribution in [2.45, 2.75) is 6.54 Å². The van der Waals surface area contributed by atoms with Crippen molar-refractivity contribution in [1.29, 1.82) is 0 Å². The number of hydrogen-bond acceptors (Lipinski definition) is 2. The van der Waals surface area contributed by atoms with E-state index in [0.717, 1.165) is 0 Å². The lowest BCUT2D eigenvalue weighted by Gasteiger charge is -2.10. The molecular weight excluding hydrogens is 267 g/mol. The first-order chi connectivity index (χ1) is 9.09. The van der Waals surface area contributed by atoms with Gasteiger partial charge in [-0.05, 0) is 23.8 Å². The lowest BCUT2D eigenvalue weighted by atomic mass is 10.1. The summed E-state index contributed by atoms with van der Waals surface area (Å²) in [4.78, 5) is 11.3. The molecule has 3 nitrogen and oxygen atoms in total. The van der Waals surface area contributed by atoms with Crippen LogP contribution < -0.4 is 11.1 Å². The second-order valence-corrected chi connectivity index (χ2v) is 4.38. The smallest absolute Gasteiger partial charge is 0.249 e. The molecule has 98 valence electrons. The monoisotopic (exact) mass is 278 g/mol. The summed E-state index contributed by atoms with van der Waals surface area (Å²) in [6.07, 6.45) is 0. The number of benzene rings is 2. The Labute approximate surface area is 115 Å². The van der Waals surface area contributed by atoms with E-state index in [0.29, 0.717) is 11.1 Å². The summed E-state index contributed by atoms with van der Waals surface area (Å²) in [5, 5.41) is 2.95. The SMILES string of the molecule is NC(=O)c1ccccc1CNc1cccc(Cl)c1F. The molecule has 0 unspecified atom stereocenters. The molecule has 0 fully saturated rings. The van der Waals surface area contributed by atoms with E-state index in [2.05, 4.69) is 5.32 Å². The third-order valence-corrected chi connectivity index (χ3v) is 3.00. The van der Waals surface area contributed by atoms with Crippen LogP contribution in [-0.2, 0) is 6.54 Å². The Kier molecular flexibility index (Phi) is 4.02. The normalized spacial score (nSPS) is 10.2. The van der Waals surface area contributed by atoms with Crippen LogP contribution in [0, 0.1) is 5.82 Å². The average molecular weight is 279 g/mol. The fourth-order valence-electron chi connectivity index (χ4n) is 1.75. The molecule has 19 heavy (non-hydrogen) atoms. The molecule has 0 radical (unpaired) electrons. The van der Waals surface area contributed by atoms with Gasteiger partial charge in [-0.25, -0.2) is 4.39 Å². The van der Waals surface area contributed by atoms with Crippen molar-refractivity contribution >= 4 is 23.2 Å². The lowest BCUT2D eigenvalue weighted by molar-refractivity contribution is 0.0999. The van der Waals surface area contributed by atoms with Crippen LogP contribution in [0.3, 0.4) is 0 Å². The van der Waals surface area contributed by atoms with Gasteiger partial charge in [-0.3, -0.25) is 4.79 Å². The van der Waals surface area contributed by atoms with E-state index in [1.54, 1.807) is 36.4 Å². The molecule has 1 amide bonds. The predicted octanol–water partition coefficient (Wildman–Crippen LogP) is 3.19. The van der Waals surface area contributed by atoms with Crippen LogP contribution in [0.1, 0.15) is 15.9 Å². The summed E-state index contributed by atoms with van der Waals surface area (Å²) in [6.45, 7) is 0.288. The summed E-state index contributed by atoms with van der Waals surface area (Å²) < 4.78 is 13.7. The summed E-state index contributed by atoms with van der Waals surface area (Å²) in [5.74, 6) is -1.02. The zero-order valence-electron chi connectivity index (χ0n) is 9.99. The molecule has 0 atom stereocenters. The first-order valence-corrected chi connectivity index (χ1v) is 6.03. The highest BCUT2D eigenvalue weighted by atomic mass is 35.5. The van der Waals surface area contributed by atoms with Gasteiger partial charge < -0.3 is 11.1 Å². The van der Waals surface area contributed by atoms with E-state index in [9.17, 15) is 9.18 Å². The van der Waals surface area contributed by atoms with Crippen LogP contribution in [0.25, 0.3) is 0 Å². The highest BCUT2D eigenvalue weighted by molar-refractivity contribution is 6.31. The summed E-state index contributed by atoms with van der Waals surface area (Å²) in [7, 11) is 0. The van der Waals surface area contributed by atoms with Crippen molar-refractivity contribution in [2.24, 2.45) is 5.73 Å². The van der Waals surface area contributed by atoms with Crippen molar-refractivity contribution in [2.75, 3.05) is 5.32 Å². The maximum Gasteiger partial charge on any atom is 0.249 e. The van der Waals surface area contributed by atoms with Gasteiger partial charge in [-0.1, -0.05) is 35.9 Å². The van der Waals surface area contributed by atoms with Gasteiger partial charge in [0.25, 0.3) is 0 Å². The molecule has 0 aliphatic carbocycles. The maximum atomic E-state index is 13.7. The van der Waals surface area contributed by atoms with Gasteiger partial charge in [0.15, 0.2) is 5.82 Å². The fraction of sp³-hybridized carbons (Fsp3) is 0.0714. The molecule has 0 bridgehead atoms. The van der Waals surface area contributed by atoms with Gasteiger partial charge in [-0.15, -0.1) is 0 Å². The van der Waals surface area contributed by atoms with Gasteiger partial charge in [0, 0.05) is 12.1 Å². The van der Waals surface area contributed by atoms with Gasteiger partial charge in [0.05, 0.1) is 10.7 Å². The second kappa shape index (κ2) is 5.71. The quantitative estimate of drug-likeness (QED) is 0.902. The van der Waals surface area contributed by atoms with Crippen molar-refractivity contribution in [1.82, 2.24) is 0 Å². The Morgan fingerprint density at radius 2 is 1.95 bits per heavy atom. The molecule has 0 saturated carbocycles. The highest BCUT2D eigenvalue weighted by Crippen LogP contribution is 2.22. The number of anilines is 1. The zero-order valence-corrected chi connectivity index (χ0v) is 10.7. The van der Waals surface area contributed by atoms with Crippen molar-refractivity contribution in [3.05, 3.63) is 64.4 Å². The second-order valence-electron chi connectivity index (χ2n) is 3.98. The number of carbonyl (C=O) groups excluding carboxylic acids is 1. The van der Waals surface area contributed by atoms with Crippen LogP contribution in [0.2, 0.25) is 5.02 Å². The van der Waals surface area contributed by atoms with Crippen molar-refractivity contribution < 1.29 is 9.18 Å². The van der Waals surface area contributed by atoms with Gasteiger partial charge in [0.2, 0.25) is 5.91 Å². The van der Waals surface area contributed by atoms with Crippen LogP contribution in [0.5, 0.6) is 0 Å². The summed E-state index contributed by atoms with van der Waals surface area (Å²) in [5.41, 5.74) is 6.68. The molecule has 0 aliphatic rings. The Morgan fingerprint density at radius 3 is 2.68 bits per heavy atom. The van der Waals surface area contributed by atoms with E-state index >= 15 is 0 Å². The minimum atomic E-state index is -0.513. The third kappa shape index (κ3) is 3.03. The molecule has 0 saturated heterocycles. The van der Waals surface area contributed by atoms with Crippen LogP contribution in [0.4, 0.5) is 10.1 Å². The molecule has 0 spiro atoms. The molecular formula is C14H12ClFN2O. The number of amides is 1. The third-order valence-electron chi connectivity index (χ3n) is 2.70. The minimum Gasteiger partial charge on any atom is -0.379 e. The van der Waals surface area contributed by atoms with Crippen LogP contribution >= 0.6 is 11.6 Å². The average Bonchev–Trinajstić information content (AvgIpc) is 2.40. The Hall–Kier alpha value is -2.07. The number of primary amides is 1. The molecule has 2 rings (SSSR count). The molecule has 5 heteroatoms. The van der Waals surface area contributed by atoms with E-state index in [-0.39, 0.29) is 17.3 Å².